The average Bonchev–Trinajstić information content (AvgIpc) is 3.24. The van der Waals surface area contributed by atoms with E-state index in [0.717, 1.165) is 11.4 Å². The molecule has 10 aromatic rings. The topological polar surface area (TPSA) is 6.48 Å². The van der Waals surface area contributed by atoms with Gasteiger partial charge in [-0.05, 0) is 129 Å². The Kier molecular flexibility index (Phi) is 9.01. The summed E-state index contributed by atoms with van der Waals surface area (Å²) >= 11 is 0. The first kappa shape index (κ1) is 38.0. The van der Waals surface area contributed by atoms with Crippen molar-refractivity contribution in [2.45, 2.75) is 53.1 Å². The van der Waals surface area contributed by atoms with E-state index in [2.05, 4.69) is 233 Å². The molecule has 4 heteroatoms. The maximum atomic E-state index is 2.49. The van der Waals surface area contributed by atoms with Crippen molar-refractivity contribution in [1.29, 1.82) is 0 Å². The van der Waals surface area contributed by atoms with Crippen molar-refractivity contribution in [3.63, 3.8) is 0 Å². The Balaban J connectivity index is 1.25. The first-order valence-corrected chi connectivity index (χ1v) is 28.3. The van der Waals surface area contributed by atoms with E-state index in [9.17, 15) is 0 Å². The third-order valence-corrected chi connectivity index (χ3v) is 16.8. The Bertz CT molecular complexity index is 3020. The molecular weight excluding hydrogens is 757 g/mol. The van der Waals surface area contributed by atoms with Gasteiger partial charge in [0, 0.05) is 33.5 Å². The number of anilines is 6. The van der Waals surface area contributed by atoms with Gasteiger partial charge >= 0.3 is 0 Å². The molecule has 0 radical (unpaired) electrons. The summed E-state index contributed by atoms with van der Waals surface area (Å²) < 4.78 is 0. The summed E-state index contributed by atoms with van der Waals surface area (Å²) in [6, 6.07) is 64.4. The molecule has 0 heterocycles. The molecule has 0 N–H and O–H groups in total. The summed E-state index contributed by atoms with van der Waals surface area (Å²) in [7, 11) is -3.00. The van der Waals surface area contributed by atoms with E-state index in [1.807, 2.05) is 0 Å². The minimum atomic E-state index is -1.50. The first-order chi connectivity index (χ1) is 28.8. The normalized spacial score (nSPS) is 12.3. The molecule has 10 rings (SSSR count). The highest BCUT2D eigenvalue weighted by atomic mass is 28.3. The van der Waals surface area contributed by atoms with Gasteiger partial charge in [-0.1, -0.05) is 159 Å². The van der Waals surface area contributed by atoms with Gasteiger partial charge in [-0.15, -0.1) is 0 Å². The van der Waals surface area contributed by atoms with Crippen LogP contribution in [0.15, 0.2) is 170 Å². The van der Waals surface area contributed by atoms with Gasteiger partial charge < -0.3 is 9.80 Å². The minimum Gasteiger partial charge on any atom is -0.310 e. The van der Waals surface area contributed by atoms with Crippen LogP contribution in [-0.2, 0) is 0 Å². The number of benzene rings is 10. The molecule has 0 aliphatic carbocycles. The molecule has 0 fully saturated rings. The van der Waals surface area contributed by atoms with E-state index in [1.54, 1.807) is 0 Å². The van der Waals surface area contributed by atoms with Gasteiger partial charge in [0.15, 0.2) is 0 Å². The van der Waals surface area contributed by atoms with E-state index in [-0.39, 0.29) is 0 Å². The van der Waals surface area contributed by atoms with Crippen LogP contribution in [0.25, 0.3) is 53.9 Å². The number of aryl methyl sites for hydroxylation is 2. The summed E-state index contributed by atoms with van der Waals surface area (Å²) in [5.74, 6) is 0. The molecule has 0 atom stereocenters. The highest BCUT2D eigenvalue weighted by Crippen LogP contribution is 2.49. The number of hydrogen-bond acceptors (Lipinski definition) is 2. The van der Waals surface area contributed by atoms with Crippen LogP contribution in [0.4, 0.5) is 34.1 Å². The molecule has 294 valence electrons. The molecule has 60 heavy (non-hydrogen) atoms. The summed E-state index contributed by atoms with van der Waals surface area (Å²) in [6.07, 6.45) is 0. The summed E-state index contributed by atoms with van der Waals surface area (Å²) in [6.45, 7) is 19.1. The molecule has 0 aliphatic rings. The smallest absolute Gasteiger partial charge is 0.0775 e. The Morgan fingerprint density at radius 2 is 0.650 bits per heavy atom. The van der Waals surface area contributed by atoms with Gasteiger partial charge in [0.1, 0.15) is 0 Å². The number of rotatable bonds is 8. The summed E-state index contributed by atoms with van der Waals surface area (Å²) in [4.78, 5) is 4.99. The van der Waals surface area contributed by atoms with E-state index < -0.39 is 16.1 Å². The number of fused-ring (bicyclic) bond motifs is 2. The molecular formula is C56H52N2Si2. The highest BCUT2D eigenvalue weighted by molar-refractivity contribution is 6.89. The molecule has 0 spiro atoms. The lowest BCUT2D eigenvalue weighted by atomic mass is 9.88. The zero-order chi connectivity index (χ0) is 41.5. The molecule has 10 aromatic carbocycles. The predicted octanol–water partition coefficient (Wildman–Crippen LogP) is 15.5. The maximum absolute atomic E-state index is 2.49. The van der Waals surface area contributed by atoms with Gasteiger partial charge in [-0.2, -0.15) is 0 Å². The lowest BCUT2D eigenvalue weighted by Crippen LogP contribution is -2.37. The molecule has 0 unspecified atom stereocenters. The van der Waals surface area contributed by atoms with Gasteiger partial charge in [0.25, 0.3) is 0 Å². The Hall–Kier alpha value is -6.21. The van der Waals surface area contributed by atoms with Crippen LogP contribution in [0, 0.1) is 13.8 Å². The van der Waals surface area contributed by atoms with Crippen molar-refractivity contribution >= 4 is 115 Å². The third kappa shape index (κ3) is 6.46. The average molecular weight is 809 g/mol. The van der Waals surface area contributed by atoms with Crippen LogP contribution in [0.5, 0.6) is 0 Å². The van der Waals surface area contributed by atoms with Crippen LogP contribution < -0.4 is 20.2 Å². The fourth-order valence-electron chi connectivity index (χ4n) is 9.38. The molecule has 0 saturated heterocycles. The van der Waals surface area contributed by atoms with Crippen molar-refractivity contribution in [2.24, 2.45) is 0 Å². The molecule has 0 aromatic heterocycles. The van der Waals surface area contributed by atoms with Gasteiger partial charge in [0.05, 0.1) is 27.5 Å². The predicted molar refractivity (Wildman–Crippen MR) is 270 cm³/mol. The number of nitrogens with zero attached hydrogens (tertiary/aromatic N) is 2. The maximum Gasteiger partial charge on any atom is 0.0775 e. The monoisotopic (exact) mass is 808 g/mol. The second kappa shape index (κ2) is 14.2. The van der Waals surface area contributed by atoms with E-state index in [1.165, 1.54) is 98.1 Å². The van der Waals surface area contributed by atoms with Crippen molar-refractivity contribution in [3.8, 4) is 0 Å². The molecule has 0 amide bonds. The second-order valence-electron chi connectivity index (χ2n) is 18.8. The van der Waals surface area contributed by atoms with Gasteiger partial charge in [-0.3, -0.25) is 0 Å². The fourth-order valence-corrected chi connectivity index (χ4v) is 11.7. The molecule has 0 aliphatic heterocycles. The van der Waals surface area contributed by atoms with E-state index >= 15 is 0 Å². The lowest BCUT2D eigenvalue weighted by Gasteiger charge is -2.31. The van der Waals surface area contributed by atoms with Crippen LogP contribution in [0.3, 0.4) is 0 Å². The van der Waals surface area contributed by atoms with Crippen molar-refractivity contribution in [3.05, 3.63) is 181 Å². The minimum absolute atomic E-state index is 1.16. The van der Waals surface area contributed by atoms with Crippen LogP contribution in [0.1, 0.15) is 11.1 Å². The molecule has 2 nitrogen and oxygen atoms in total. The fraction of sp³-hybridized carbons (Fsp3) is 0.143. The zero-order valence-electron chi connectivity index (χ0n) is 36.1. The van der Waals surface area contributed by atoms with Crippen LogP contribution in [0.2, 0.25) is 39.3 Å². The Morgan fingerprint density at radius 3 is 1.02 bits per heavy atom. The van der Waals surface area contributed by atoms with Crippen molar-refractivity contribution < 1.29 is 0 Å². The molecule has 0 saturated carbocycles. The van der Waals surface area contributed by atoms with Crippen molar-refractivity contribution in [2.75, 3.05) is 9.80 Å². The Labute approximate surface area is 356 Å². The van der Waals surface area contributed by atoms with E-state index in [4.69, 9.17) is 0 Å². The van der Waals surface area contributed by atoms with Crippen LogP contribution in [-0.4, -0.2) is 16.1 Å². The van der Waals surface area contributed by atoms with Crippen molar-refractivity contribution in [1.82, 2.24) is 0 Å². The Morgan fingerprint density at radius 1 is 0.317 bits per heavy atom. The third-order valence-electron chi connectivity index (χ3n) is 12.7. The van der Waals surface area contributed by atoms with Gasteiger partial charge in [-0.25, -0.2) is 0 Å². The second-order valence-corrected chi connectivity index (χ2v) is 29.0. The quantitative estimate of drug-likeness (QED) is 0.111. The number of hydrogen-bond donors (Lipinski definition) is 0. The highest BCUT2D eigenvalue weighted by Gasteiger charge is 2.25. The SMILES string of the molecule is Cc1cc(N(c2ccc([Si](C)(C)C)cc2)c2ccc3ccccc3c2)c2ccc3c(C)cc(N(c4ccc([Si](C)(C)C)cc4)c4ccc5ccccc5c4)c4ccc1c2c34. The zero-order valence-corrected chi connectivity index (χ0v) is 38.1. The van der Waals surface area contributed by atoms with Gasteiger partial charge in [0.2, 0.25) is 0 Å². The summed E-state index contributed by atoms with van der Waals surface area (Å²) in [5, 5.41) is 15.6. The standard InChI is InChI=1S/C56H52N2Si2/c1-37-33-53(57(43-21-25-47(26-22-43)59(3,4)5)45-19-17-39-13-9-11-15-41(39)35-45)51-32-30-50-38(2)34-54(52-31-29-49(37)55(51)56(50)52)58(44-23-27-48(28-24-44)60(6,7)8)46-20-18-40-14-10-12-16-42(40)36-46/h9-36H,1-8H3. The largest absolute Gasteiger partial charge is 0.310 e. The summed E-state index contributed by atoms with van der Waals surface area (Å²) in [5.41, 5.74) is 9.59. The molecule has 0 bridgehead atoms. The lowest BCUT2D eigenvalue weighted by molar-refractivity contribution is 1.29. The van der Waals surface area contributed by atoms with Crippen LogP contribution >= 0.6 is 0 Å². The van der Waals surface area contributed by atoms with E-state index in [0.29, 0.717) is 0 Å². The first-order valence-electron chi connectivity index (χ1n) is 21.3.